The molecule has 2 aromatic carbocycles. The quantitative estimate of drug-likeness (QED) is 0.680. The lowest BCUT2D eigenvalue weighted by atomic mass is 10.1. The van der Waals surface area contributed by atoms with E-state index in [1.54, 1.807) is 0 Å². The van der Waals surface area contributed by atoms with Crippen molar-refractivity contribution in [3.63, 3.8) is 0 Å². The van der Waals surface area contributed by atoms with E-state index in [-0.39, 0.29) is 29.1 Å². The summed E-state index contributed by atoms with van der Waals surface area (Å²) in [4.78, 5) is 24.1. The number of carbonyl (C=O) groups is 2. The van der Waals surface area contributed by atoms with Crippen LogP contribution in [0.3, 0.4) is 0 Å². The number of aromatic hydroxyl groups is 1. The molecule has 0 spiro atoms. The maximum absolute atomic E-state index is 12.1. The van der Waals surface area contributed by atoms with Crippen LogP contribution in [0.25, 0.3) is 0 Å². The molecule has 2 aromatic rings. The number of benzene rings is 2. The molecule has 1 aliphatic rings. The van der Waals surface area contributed by atoms with Crippen LogP contribution in [0.15, 0.2) is 46.9 Å². The number of nitrogens with one attached hydrogen (secondary N) is 2. The van der Waals surface area contributed by atoms with E-state index < -0.39 is 5.91 Å². The molecule has 3 rings (SSSR count). The topological polar surface area (TPSA) is 78.4 Å². The standard InChI is InChI=1S/C17H14BrClN2O3/c18-10-3-1-9(2-4-10)12-8-13(12)16(23)20-21-17(24)14-7-11(19)5-6-15(14)22/h1-7,12-13,22H,8H2,(H,20,23)(H,21,24). The van der Waals surface area contributed by atoms with Gasteiger partial charge < -0.3 is 5.11 Å². The normalized spacial score (nSPS) is 18.8. The van der Waals surface area contributed by atoms with Crippen molar-refractivity contribution in [3.8, 4) is 5.75 Å². The first kappa shape index (κ1) is 16.8. The van der Waals surface area contributed by atoms with Crippen molar-refractivity contribution in [2.24, 2.45) is 5.92 Å². The monoisotopic (exact) mass is 408 g/mol. The van der Waals surface area contributed by atoms with E-state index in [0.717, 1.165) is 16.5 Å². The van der Waals surface area contributed by atoms with Crippen molar-refractivity contribution >= 4 is 39.3 Å². The Morgan fingerprint density at radius 1 is 1.12 bits per heavy atom. The summed E-state index contributed by atoms with van der Waals surface area (Å²) in [5, 5.41) is 9.99. The highest BCUT2D eigenvalue weighted by molar-refractivity contribution is 9.10. The van der Waals surface area contributed by atoms with Crippen LogP contribution in [0.5, 0.6) is 5.75 Å². The summed E-state index contributed by atoms with van der Waals surface area (Å²) in [6.45, 7) is 0. The van der Waals surface area contributed by atoms with Gasteiger partial charge in [0.25, 0.3) is 5.91 Å². The summed E-state index contributed by atoms with van der Waals surface area (Å²) in [5.74, 6) is -1.08. The lowest BCUT2D eigenvalue weighted by Gasteiger charge is -2.09. The number of carbonyl (C=O) groups excluding carboxylic acids is 2. The molecule has 0 saturated heterocycles. The van der Waals surface area contributed by atoms with Crippen LogP contribution in [0, 0.1) is 5.92 Å². The molecule has 0 heterocycles. The van der Waals surface area contributed by atoms with Gasteiger partial charge in [0.2, 0.25) is 5.91 Å². The van der Waals surface area contributed by atoms with Crippen molar-refractivity contribution in [3.05, 3.63) is 63.1 Å². The number of halogens is 2. The fourth-order valence-electron chi connectivity index (χ4n) is 2.53. The lowest BCUT2D eigenvalue weighted by Crippen LogP contribution is -2.42. The number of hydrogen-bond acceptors (Lipinski definition) is 3. The average Bonchev–Trinajstić information content (AvgIpc) is 3.36. The zero-order chi connectivity index (χ0) is 17.3. The van der Waals surface area contributed by atoms with E-state index >= 15 is 0 Å². The van der Waals surface area contributed by atoms with Crippen LogP contribution >= 0.6 is 27.5 Å². The summed E-state index contributed by atoms with van der Waals surface area (Å²) in [5.41, 5.74) is 5.80. The number of phenols is 1. The number of rotatable bonds is 3. The van der Waals surface area contributed by atoms with Crippen LogP contribution in [0.4, 0.5) is 0 Å². The molecule has 7 heteroatoms. The first-order valence-corrected chi connectivity index (χ1v) is 8.47. The summed E-state index contributed by atoms with van der Waals surface area (Å²) in [7, 11) is 0. The third-order valence-electron chi connectivity index (χ3n) is 3.93. The first-order chi connectivity index (χ1) is 11.5. The largest absolute Gasteiger partial charge is 0.507 e. The summed E-state index contributed by atoms with van der Waals surface area (Å²) in [6.07, 6.45) is 0.742. The number of hydrazine groups is 1. The molecule has 2 amide bonds. The van der Waals surface area contributed by atoms with Crippen molar-refractivity contribution in [1.82, 2.24) is 10.9 Å². The Morgan fingerprint density at radius 3 is 2.54 bits per heavy atom. The third-order valence-corrected chi connectivity index (χ3v) is 4.69. The van der Waals surface area contributed by atoms with Crippen molar-refractivity contribution < 1.29 is 14.7 Å². The predicted molar refractivity (Wildman–Crippen MR) is 93.7 cm³/mol. The Morgan fingerprint density at radius 2 is 1.83 bits per heavy atom. The van der Waals surface area contributed by atoms with Gasteiger partial charge in [-0.3, -0.25) is 20.4 Å². The highest BCUT2D eigenvalue weighted by atomic mass is 79.9. The van der Waals surface area contributed by atoms with Crippen LogP contribution in [0.1, 0.15) is 28.3 Å². The molecule has 2 unspecified atom stereocenters. The molecule has 1 fully saturated rings. The maximum atomic E-state index is 12.1. The molecule has 24 heavy (non-hydrogen) atoms. The van der Waals surface area contributed by atoms with Gasteiger partial charge in [-0.2, -0.15) is 0 Å². The molecule has 3 N–H and O–H groups in total. The van der Waals surface area contributed by atoms with Gasteiger partial charge in [0.15, 0.2) is 0 Å². The Hall–Kier alpha value is -2.05. The molecular weight excluding hydrogens is 396 g/mol. The number of hydrogen-bond donors (Lipinski definition) is 3. The van der Waals surface area contributed by atoms with Crippen LogP contribution in [0.2, 0.25) is 5.02 Å². The van der Waals surface area contributed by atoms with Gasteiger partial charge in [-0.05, 0) is 48.2 Å². The zero-order valence-electron chi connectivity index (χ0n) is 12.4. The van der Waals surface area contributed by atoms with Gasteiger partial charge >= 0.3 is 0 Å². The molecular formula is C17H14BrClN2O3. The van der Waals surface area contributed by atoms with E-state index in [0.29, 0.717) is 5.02 Å². The van der Waals surface area contributed by atoms with E-state index in [9.17, 15) is 14.7 Å². The van der Waals surface area contributed by atoms with Gasteiger partial charge in [-0.15, -0.1) is 0 Å². The summed E-state index contributed by atoms with van der Waals surface area (Å²) < 4.78 is 0.987. The van der Waals surface area contributed by atoms with Crippen molar-refractivity contribution in [2.45, 2.75) is 12.3 Å². The molecule has 0 aliphatic heterocycles. The zero-order valence-corrected chi connectivity index (χ0v) is 14.8. The molecule has 0 radical (unpaired) electrons. The van der Waals surface area contributed by atoms with Crippen LogP contribution in [-0.2, 0) is 4.79 Å². The second-order valence-corrected chi connectivity index (χ2v) is 6.96. The Balaban J connectivity index is 1.56. The number of amides is 2. The Kier molecular flexibility index (Phi) is 4.78. The van der Waals surface area contributed by atoms with E-state index in [4.69, 9.17) is 11.6 Å². The third kappa shape index (κ3) is 3.71. The van der Waals surface area contributed by atoms with Crippen LogP contribution < -0.4 is 10.9 Å². The molecule has 124 valence electrons. The second kappa shape index (κ2) is 6.83. The van der Waals surface area contributed by atoms with E-state index in [1.165, 1.54) is 18.2 Å². The molecule has 2 atom stereocenters. The predicted octanol–water partition coefficient (Wildman–Crippen LogP) is 3.37. The Bertz CT molecular complexity index is 795. The highest BCUT2D eigenvalue weighted by Gasteiger charge is 2.44. The average molecular weight is 410 g/mol. The van der Waals surface area contributed by atoms with Gasteiger partial charge in [0, 0.05) is 15.4 Å². The Labute approximate surface area is 152 Å². The fraction of sp³-hybridized carbons (Fsp3) is 0.176. The number of phenolic OH excluding ortho intramolecular Hbond substituents is 1. The minimum Gasteiger partial charge on any atom is -0.507 e. The molecule has 0 bridgehead atoms. The lowest BCUT2D eigenvalue weighted by molar-refractivity contribution is -0.123. The molecule has 5 nitrogen and oxygen atoms in total. The molecule has 0 aromatic heterocycles. The van der Waals surface area contributed by atoms with Gasteiger partial charge in [0.1, 0.15) is 5.75 Å². The second-order valence-electron chi connectivity index (χ2n) is 5.61. The fourth-order valence-corrected chi connectivity index (χ4v) is 2.97. The van der Waals surface area contributed by atoms with Gasteiger partial charge in [-0.25, -0.2) is 0 Å². The highest BCUT2D eigenvalue weighted by Crippen LogP contribution is 2.47. The molecule has 1 aliphatic carbocycles. The summed E-state index contributed by atoms with van der Waals surface area (Å²) >= 11 is 9.18. The first-order valence-electron chi connectivity index (χ1n) is 7.30. The van der Waals surface area contributed by atoms with Gasteiger partial charge in [-0.1, -0.05) is 39.7 Å². The van der Waals surface area contributed by atoms with Crippen molar-refractivity contribution in [2.75, 3.05) is 0 Å². The summed E-state index contributed by atoms with van der Waals surface area (Å²) in [6, 6.07) is 12.0. The van der Waals surface area contributed by atoms with Gasteiger partial charge in [0.05, 0.1) is 5.56 Å². The van der Waals surface area contributed by atoms with Crippen molar-refractivity contribution in [1.29, 1.82) is 0 Å². The smallest absolute Gasteiger partial charge is 0.273 e. The maximum Gasteiger partial charge on any atom is 0.273 e. The molecule has 1 saturated carbocycles. The van der Waals surface area contributed by atoms with Crippen LogP contribution in [-0.4, -0.2) is 16.9 Å². The minimum atomic E-state index is -0.621. The minimum absolute atomic E-state index is 0.00283. The van der Waals surface area contributed by atoms with E-state index in [1.807, 2.05) is 24.3 Å². The SMILES string of the molecule is O=C(NNC(=O)C1CC1c1ccc(Br)cc1)c1cc(Cl)ccc1O. The van der Waals surface area contributed by atoms with E-state index in [2.05, 4.69) is 26.8 Å².